The molecule has 0 atom stereocenters. The number of nitrogens with one attached hydrogen (secondary N) is 1. The highest BCUT2D eigenvalue weighted by Crippen LogP contribution is 2.29. The molecule has 3 rings (SSSR count). The van der Waals surface area contributed by atoms with E-state index in [1.807, 2.05) is 25.1 Å². The Hall–Kier alpha value is -2.10. The zero-order valence-electron chi connectivity index (χ0n) is 11.1. The first-order valence-corrected chi connectivity index (χ1v) is 6.55. The Morgan fingerprint density at radius 3 is 3.11 bits per heavy atom. The van der Waals surface area contributed by atoms with E-state index < -0.39 is 0 Å². The van der Waals surface area contributed by atoms with Gasteiger partial charge in [-0.15, -0.1) is 0 Å². The van der Waals surface area contributed by atoms with Crippen molar-refractivity contribution in [1.82, 2.24) is 4.98 Å². The summed E-state index contributed by atoms with van der Waals surface area (Å²) in [5, 5.41) is 1.19. The molecule has 0 unspecified atom stereocenters. The van der Waals surface area contributed by atoms with Crippen molar-refractivity contribution in [3.05, 3.63) is 29.5 Å². The van der Waals surface area contributed by atoms with E-state index in [1.165, 1.54) is 10.9 Å². The highest BCUT2D eigenvalue weighted by atomic mass is 16.5. The predicted octanol–water partition coefficient (Wildman–Crippen LogP) is 2.85. The highest BCUT2D eigenvalue weighted by molar-refractivity contribution is 6.05. The van der Waals surface area contributed by atoms with Crippen LogP contribution in [0.5, 0.6) is 5.75 Å². The molecule has 4 heteroatoms. The van der Waals surface area contributed by atoms with Crippen LogP contribution < -0.4 is 4.74 Å². The molecule has 0 fully saturated rings. The molecule has 1 aromatic heterocycles. The highest BCUT2D eigenvalue weighted by Gasteiger charge is 2.17. The van der Waals surface area contributed by atoms with Crippen LogP contribution in [-0.4, -0.2) is 23.2 Å². The van der Waals surface area contributed by atoms with Gasteiger partial charge in [0.1, 0.15) is 5.75 Å². The molecular formula is C15H16N2O2. The first-order chi connectivity index (χ1) is 9.19. The van der Waals surface area contributed by atoms with Crippen LogP contribution in [0.25, 0.3) is 10.9 Å². The topological polar surface area (TPSA) is 54.5 Å². The lowest BCUT2D eigenvalue weighted by molar-refractivity contribution is -0.134. The fraction of sp³-hybridized carbons (Fsp3) is 0.333. The molecule has 1 aromatic carbocycles. The summed E-state index contributed by atoms with van der Waals surface area (Å²) in [6.07, 6.45) is 1.34. The summed E-state index contributed by atoms with van der Waals surface area (Å²) in [4.78, 5) is 19.1. The molecule has 98 valence electrons. The molecule has 0 aliphatic carbocycles. The molecule has 2 heterocycles. The summed E-state index contributed by atoms with van der Waals surface area (Å²) in [5.41, 5.74) is 4.48. The molecule has 0 spiro atoms. The van der Waals surface area contributed by atoms with Gasteiger partial charge >= 0.3 is 5.97 Å². The number of esters is 1. The van der Waals surface area contributed by atoms with Crippen molar-refractivity contribution in [3.8, 4) is 5.75 Å². The number of aromatic nitrogens is 1. The van der Waals surface area contributed by atoms with Crippen LogP contribution in [0.15, 0.2) is 23.2 Å². The van der Waals surface area contributed by atoms with Gasteiger partial charge < -0.3 is 9.72 Å². The molecule has 0 radical (unpaired) electrons. The van der Waals surface area contributed by atoms with Crippen molar-refractivity contribution in [2.24, 2.45) is 4.99 Å². The lowest BCUT2D eigenvalue weighted by atomic mass is 10.0. The molecule has 1 N–H and O–H groups in total. The maximum Gasteiger partial charge on any atom is 0.310 e. The third-order valence-electron chi connectivity index (χ3n) is 3.47. The van der Waals surface area contributed by atoms with Crippen molar-refractivity contribution in [1.29, 1.82) is 0 Å². The van der Waals surface area contributed by atoms with Gasteiger partial charge in [-0.2, -0.15) is 0 Å². The molecule has 0 amide bonds. The summed E-state index contributed by atoms with van der Waals surface area (Å²) < 4.78 is 5.24. The fourth-order valence-electron chi connectivity index (χ4n) is 2.48. The largest absolute Gasteiger partial charge is 0.426 e. The second kappa shape index (κ2) is 4.53. The Bertz CT molecular complexity index is 683. The number of hydrogen-bond donors (Lipinski definition) is 1. The van der Waals surface area contributed by atoms with E-state index in [0.29, 0.717) is 12.2 Å². The van der Waals surface area contributed by atoms with Crippen LogP contribution in [0.1, 0.15) is 31.5 Å². The second-order valence-corrected chi connectivity index (χ2v) is 4.73. The van der Waals surface area contributed by atoms with Gasteiger partial charge in [0.05, 0.1) is 11.4 Å². The monoisotopic (exact) mass is 256 g/mol. The number of carbonyl (C=O) groups is 1. The number of benzene rings is 1. The molecule has 0 saturated heterocycles. The number of ether oxygens (including phenoxy) is 1. The Morgan fingerprint density at radius 2 is 2.32 bits per heavy atom. The van der Waals surface area contributed by atoms with Gasteiger partial charge in [0.2, 0.25) is 0 Å². The molecule has 2 aromatic rings. The van der Waals surface area contributed by atoms with E-state index in [0.717, 1.165) is 29.9 Å². The van der Waals surface area contributed by atoms with Gasteiger partial charge in [-0.3, -0.25) is 9.79 Å². The molecule has 19 heavy (non-hydrogen) atoms. The maximum atomic E-state index is 11.3. The normalized spacial score (nSPS) is 14.1. The van der Waals surface area contributed by atoms with Crippen molar-refractivity contribution < 1.29 is 9.53 Å². The standard InChI is InChI=1S/C15H16N2O2/c1-3-14(18)19-10-4-5-11-12-6-7-16-9(2)15(12)17-13(11)8-10/h4-5,8,17H,3,6-7H2,1-2H3. The van der Waals surface area contributed by atoms with Crippen molar-refractivity contribution in [2.75, 3.05) is 6.54 Å². The number of carbonyl (C=O) groups excluding carboxylic acids is 1. The van der Waals surface area contributed by atoms with Crippen LogP contribution >= 0.6 is 0 Å². The minimum absolute atomic E-state index is 0.214. The smallest absolute Gasteiger partial charge is 0.310 e. The minimum atomic E-state index is -0.214. The minimum Gasteiger partial charge on any atom is -0.426 e. The van der Waals surface area contributed by atoms with Crippen LogP contribution in [0.3, 0.4) is 0 Å². The first-order valence-electron chi connectivity index (χ1n) is 6.55. The van der Waals surface area contributed by atoms with Crippen LogP contribution in [-0.2, 0) is 11.2 Å². The Balaban J connectivity index is 2.05. The number of nitrogens with zero attached hydrogens (tertiary/aromatic N) is 1. The van der Waals surface area contributed by atoms with Gasteiger partial charge in [0.25, 0.3) is 0 Å². The van der Waals surface area contributed by atoms with E-state index in [1.54, 1.807) is 6.92 Å². The first kappa shape index (κ1) is 12.0. The van der Waals surface area contributed by atoms with Crippen molar-refractivity contribution >= 4 is 22.6 Å². The van der Waals surface area contributed by atoms with Gasteiger partial charge in [-0.1, -0.05) is 6.92 Å². The lowest BCUT2D eigenvalue weighted by Crippen LogP contribution is -2.08. The molecule has 1 aliphatic heterocycles. The number of hydrogen-bond acceptors (Lipinski definition) is 3. The molecular weight excluding hydrogens is 240 g/mol. The summed E-state index contributed by atoms with van der Waals surface area (Å²) >= 11 is 0. The average molecular weight is 256 g/mol. The third kappa shape index (κ3) is 2.03. The summed E-state index contributed by atoms with van der Waals surface area (Å²) in [7, 11) is 0. The van der Waals surface area contributed by atoms with E-state index in [9.17, 15) is 4.79 Å². The fourth-order valence-corrected chi connectivity index (χ4v) is 2.48. The average Bonchev–Trinajstić information content (AvgIpc) is 2.78. The lowest BCUT2D eigenvalue weighted by Gasteiger charge is -2.09. The second-order valence-electron chi connectivity index (χ2n) is 4.73. The van der Waals surface area contributed by atoms with Crippen molar-refractivity contribution in [3.63, 3.8) is 0 Å². The van der Waals surface area contributed by atoms with E-state index in [4.69, 9.17) is 4.74 Å². The summed E-state index contributed by atoms with van der Waals surface area (Å²) in [6.45, 7) is 4.65. The number of fused-ring (bicyclic) bond motifs is 3. The maximum absolute atomic E-state index is 11.3. The molecule has 0 bridgehead atoms. The number of aromatic amines is 1. The molecule has 4 nitrogen and oxygen atoms in total. The predicted molar refractivity (Wildman–Crippen MR) is 75.0 cm³/mol. The van der Waals surface area contributed by atoms with E-state index >= 15 is 0 Å². The zero-order valence-corrected chi connectivity index (χ0v) is 11.1. The van der Waals surface area contributed by atoms with Crippen molar-refractivity contribution in [2.45, 2.75) is 26.7 Å². The SMILES string of the molecule is CCC(=O)Oc1ccc2c3c([nH]c2c1)C(C)=NCC3. The number of aliphatic imine (C=N–C) groups is 1. The van der Waals surface area contributed by atoms with Crippen LogP contribution in [0, 0.1) is 0 Å². The zero-order chi connectivity index (χ0) is 13.4. The van der Waals surface area contributed by atoms with Gasteiger partial charge in [0, 0.05) is 29.9 Å². The van der Waals surface area contributed by atoms with Crippen LogP contribution in [0.2, 0.25) is 0 Å². The van der Waals surface area contributed by atoms with Gasteiger partial charge in [0.15, 0.2) is 0 Å². The molecule has 1 aliphatic rings. The molecule has 0 saturated carbocycles. The van der Waals surface area contributed by atoms with E-state index in [-0.39, 0.29) is 5.97 Å². The Kier molecular flexibility index (Phi) is 2.85. The number of H-pyrrole nitrogens is 1. The third-order valence-corrected chi connectivity index (χ3v) is 3.47. The number of rotatable bonds is 2. The quantitative estimate of drug-likeness (QED) is 0.663. The summed E-state index contributed by atoms with van der Waals surface area (Å²) in [6, 6.07) is 5.75. The van der Waals surface area contributed by atoms with Gasteiger partial charge in [-0.05, 0) is 31.0 Å². The Labute approximate surface area is 111 Å². The van der Waals surface area contributed by atoms with Crippen LogP contribution in [0.4, 0.5) is 0 Å². The van der Waals surface area contributed by atoms with Gasteiger partial charge in [-0.25, -0.2) is 0 Å². The summed E-state index contributed by atoms with van der Waals surface area (Å²) in [5.74, 6) is 0.376. The van der Waals surface area contributed by atoms with E-state index in [2.05, 4.69) is 9.98 Å². The Morgan fingerprint density at radius 1 is 1.47 bits per heavy atom.